The summed E-state index contributed by atoms with van der Waals surface area (Å²) in [7, 11) is -3.82. The van der Waals surface area contributed by atoms with Crippen molar-refractivity contribution in [1.82, 2.24) is 10.2 Å². The maximum atomic E-state index is 13.9. The monoisotopic (exact) mass is 543 g/mol. The molecule has 1 saturated carbocycles. The third-order valence-corrected chi connectivity index (χ3v) is 8.93. The number of benzene rings is 2. The summed E-state index contributed by atoms with van der Waals surface area (Å²) >= 11 is 0. The van der Waals surface area contributed by atoms with Gasteiger partial charge in [0, 0.05) is 18.7 Å². The summed E-state index contributed by atoms with van der Waals surface area (Å²) in [5, 5.41) is 3.12. The van der Waals surface area contributed by atoms with Crippen LogP contribution in [0.25, 0.3) is 0 Å². The quantitative estimate of drug-likeness (QED) is 0.463. The van der Waals surface area contributed by atoms with Gasteiger partial charge in [-0.05, 0) is 50.8 Å². The number of hydrogen-bond donors (Lipinski definition) is 1. The zero-order valence-electron chi connectivity index (χ0n) is 22.3. The predicted molar refractivity (Wildman–Crippen MR) is 146 cm³/mol. The Morgan fingerprint density at radius 3 is 2.37 bits per heavy atom. The van der Waals surface area contributed by atoms with Crippen LogP contribution in [0.3, 0.4) is 0 Å². The fourth-order valence-corrected chi connectivity index (χ4v) is 5.99. The van der Waals surface area contributed by atoms with Crippen LogP contribution in [-0.4, -0.2) is 56.3 Å². The molecule has 1 fully saturated rings. The molecule has 2 aliphatic rings. The summed E-state index contributed by atoms with van der Waals surface area (Å²) in [6.45, 7) is 5.19. The molecule has 0 saturated heterocycles. The van der Waals surface area contributed by atoms with E-state index in [1.165, 1.54) is 11.8 Å². The molecular weight excluding hydrogens is 506 g/mol. The van der Waals surface area contributed by atoms with Gasteiger partial charge in [0.25, 0.3) is 0 Å². The standard InChI is InChI=1S/C28H37N3O6S/c1-4-24(28(33)29-22-8-6-7-9-22)30(17-21-12-10-20(3)11-13-21)27(32)18-31(38(34,35)5-2)23-14-15-25-26(16-23)37-19-36-25/h10-16,22,24H,4-9,17-19H2,1-3H3,(H,29,33)/t24-/m0/s1. The van der Waals surface area contributed by atoms with Crippen LogP contribution in [-0.2, 0) is 26.2 Å². The van der Waals surface area contributed by atoms with Crippen molar-refractivity contribution < 1.29 is 27.5 Å². The Hall–Kier alpha value is -3.27. The molecule has 2 amide bonds. The minimum atomic E-state index is -3.82. The number of aryl methyl sites for hydroxylation is 1. The largest absolute Gasteiger partial charge is 0.454 e. The predicted octanol–water partition coefficient (Wildman–Crippen LogP) is 3.75. The number of hydrogen-bond acceptors (Lipinski definition) is 6. The first-order valence-electron chi connectivity index (χ1n) is 13.3. The summed E-state index contributed by atoms with van der Waals surface area (Å²) < 4.78 is 38.2. The van der Waals surface area contributed by atoms with Gasteiger partial charge < -0.3 is 19.7 Å². The van der Waals surface area contributed by atoms with Crippen molar-refractivity contribution in [2.75, 3.05) is 23.4 Å². The number of rotatable bonds is 11. The average Bonchev–Trinajstić information content (AvgIpc) is 3.59. The van der Waals surface area contributed by atoms with Gasteiger partial charge in [0.15, 0.2) is 11.5 Å². The fourth-order valence-electron chi connectivity index (χ4n) is 4.94. The van der Waals surface area contributed by atoms with Gasteiger partial charge >= 0.3 is 0 Å². The number of nitrogens with one attached hydrogen (secondary N) is 1. The second-order valence-corrected chi connectivity index (χ2v) is 12.0. The van der Waals surface area contributed by atoms with E-state index in [-0.39, 0.29) is 31.0 Å². The van der Waals surface area contributed by atoms with Crippen LogP contribution >= 0.6 is 0 Å². The summed E-state index contributed by atoms with van der Waals surface area (Å²) in [5.74, 6) is 0.0997. The maximum Gasteiger partial charge on any atom is 0.244 e. The molecule has 1 heterocycles. The van der Waals surface area contributed by atoms with E-state index in [9.17, 15) is 18.0 Å². The van der Waals surface area contributed by atoms with Crippen LogP contribution in [0.15, 0.2) is 42.5 Å². The van der Waals surface area contributed by atoms with E-state index in [0.717, 1.165) is 41.1 Å². The van der Waals surface area contributed by atoms with E-state index in [0.29, 0.717) is 23.6 Å². The molecule has 9 nitrogen and oxygen atoms in total. The summed E-state index contributed by atoms with van der Waals surface area (Å²) in [5.41, 5.74) is 2.26. The zero-order valence-corrected chi connectivity index (χ0v) is 23.1. The van der Waals surface area contributed by atoms with Gasteiger partial charge in [-0.25, -0.2) is 8.42 Å². The molecule has 1 N–H and O–H groups in total. The molecule has 1 atom stereocenters. The lowest BCUT2D eigenvalue weighted by molar-refractivity contribution is -0.140. The molecule has 0 unspecified atom stereocenters. The fraction of sp³-hybridized carbons (Fsp3) is 0.500. The molecule has 1 aliphatic carbocycles. The highest BCUT2D eigenvalue weighted by atomic mass is 32.2. The zero-order chi connectivity index (χ0) is 27.3. The van der Waals surface area contributed by atoms with E-state index in [1.54, 1.807) is 18.2 Å². The van der Waals surface area contributed by atoms with Gasteiger partial charge in [-0.2, -0.15) is 0 Å². The van der Waals surface area contributed by atoms with Crippen molar-refractivity contribution in [2.24, 2.45) is 0 Å². The van der Waals surface area contributed by atoms with Crippen LogP contribution in [0.1, 0.15) is 57.1 Å². The van der Waals surface area contributed by atoms with Crippen LogP contribution in [0.4, 0.5) is 5.69 Å². The lowest BCUT2D eigenvalue weighted by atomic mass is 10.1. The molecule has 0 radical (unpaired) electrons. The molecule has 2 aromatic rings. The van der Waals surface area contributed by atoms with Crippen molar-refractivity contribution in [2.45, 2.75) is 71.5 Å². The van der Waals surface area contributed by atoms with Crippen molar-refractivity contribution in [3.63, 3.8) is 0 Å². The highest BCUT2D eigenvalue weighted by Crippen LogP contribution is 2.36. The molecule has 10 heteroatoms. The molecule has 4 rings (SSSR count). The minimum Gasteiger partial charge on any atom is -0.454 e. The SMILES string of the molecule is CC[C@@H](C(=O)NC1CCCC1)N(Cc1ccc(C)cc1)C(=O)CN(c1ccc2c(c1)OCO2)S(=O)(=O)CC. The third-order valence-electron chi connectivity index (χ3n) is 7.18. The van der Waals surface area contributed by atoms with Crippen LogP contribution in [0.2, 0.25) is 0 Å². The summed E-state index contributed by atoms with van der Waals surface area (Å²) in [4.78, 5) is 28.8. The lowest BCUT2D eigenvalue weighted by Crippen LogP contribution is -2.53. The Morgan fingerprint density at radius 2 is 1.71 bits per heavy atom. The number of sulfonamides is 1. The molecule has 206 valence electrons. The molecule has 1 aliphatic heterocycles. The number of carbonyl (C=O) groups is 2. The first kappa shape index (κ1) is 27.8. The number of carbonyl (C=O) groups excluding carboxylic acids is 2. The van der Waals surface area contributed by atoms with Crippen LogP contribution < -0.4 is 19.1 Å². The smallest absolute Gasteiger partial charge is 0.244 e. The van der Waals surface area contributed by atoms with Gasteiger partial charge in [-0.15, -0.1) is 0 Å². The van der Waals surface area contributed by atoms with E-state index >= 15 is 0 Å². The highest BCUT2D eigenvalue weighted by molar-refractivity contribution is 7.92. The topological polar surface area (TPSA) is 105 Å². The van der Waals surface area contributed by atoms with Gasteiger partial charge in [0.05, 0.1) is 11.4 Å². The first-order valence-corrected chi connectivity index (χ1v) is 14.9. The summed E-state index contributed by atoms with van der Waals surface area (Å²) in [6, 6.07) is 11.9. The van der Waals surface area contributed by atoms with Crippen molar-refractivity contribution in [3.05, 3.63) is 53.6 Å². The van der Waals surface area contributed by atoms with Crippen molar-refractivity contribution >= 4 is 27.5 Å². The average molecular weight is 544 g/mol. The minimum absolute atomic E-state index is 0.0524. The molecule has 0 aromatic heterocycles. The second kappa shape index (κ2) is 12.1. The van der Waals surface area contributed by atoms with Gasteiger partial charge in [-0.3, -0.25) is 13.9 Å². The lowest BCUT2D eigenvalue weighted by Gasteiger charge is -2.33. The molecule has 2 aromatic carbocycles. The number of amides is 2. The van der Waals surface area contributed by atoms with Crippen LogP contribution in [0.5, 0.6) is 11.5 Å². The number of anilines is 1. The Kier molecular flexibility index (Phi) is 8.81. The molecule has 0 spiro atoms. The number of nitrogens with zero attached hydrogens (tertiary/aromatic N) is 2. The molecular formula is C28H37N3O6S. The summed E-state index contributed by atoms with van der Waals surface area (Å²) in [6.07, 6.45) is 4.42. The molecule has 0 bridgehead atoms. The maximum absolute atomic E-state index is 13.9. The van der Waals surface area contributed by atoms with E-state index in [1.807, 2.05) is 38.1 Å². The van der Waals surface area contributed by atoms with Crippen molar-refractivity contribution in [3.8, 4) is 11.5 Å². The van der Waals surface area contributed by atoms with Gasteiger partial charge in [0.1, 0.15) is 12.6 Å². The Morgan fingerprint density at radius 1 is 1.03 bits per heavy atom. The van der Waals surface area contributed by atoms with E-state index < -0.39 is 28.5 Å². The first-order chi connectivity index (χ1) is 18.2. The van der Waals surface area contributed by atoms with Gasteiger partial charge in [-0.1, -0.05) is 49.6 Å². The van der Waals surface area contributed by atoms with Gasteiger partial charge in [0.2, 0.25) is 28.6 Å². The van der Waals surface area contributed by atoms with E-state index in [4.69, 9.17) is 9.47 Å². The number of ether oxygens (including phenoxy) is 2. The highest BCUT2D eigenvalue weighted by Gasteiger charge is 2.34. The Balaban J connectivity index is 1.64. The second-order valence-electron chi connectivity index (χ2n) is 9.87. The van der Waals surface area contributed by atoms with Crippen molar-refractivity contribution in [1.29, 1.82) is 0 Å². The Labute approximate surface area is 225 Å². The van der Waals surface area contributed by atoms with E-state index in [2.05, 4.69) is 5.32 Å². The normalized spacial score (nSPS) is 15.8. The third kappa shape index (κ3) is 6.40. The number of fused-ring (bicyclic) bond motifs is 1. The van der Waals surface area contributed by atoms with Crippen LogP contribution in [0, 0.1) is 6.92 Å². The Bertz CT molecular complexity index is 1240. The molecule has 38 heavy (non-hydrogen) atoms.